The van der Waals surface area contributed by atoms with E-state index in [1.54, 1.807) is 36.4 Å². The van der Waals surface area contributed by atoms with Gasteiger partial charge in [-0.25, -0.2) is 14.4 Å². The van der Waals surface area contributed by atoms with Gasteiger partial charge < -0.3 is 23.6 Å². The number of furan rings is 2. The van der Waals surface area contributed by atoms with Crippen LogP contribution in [0.1, 0.15) is 32.4 Å². The van der Waals surface area contributed by atoms with Crippen molar-refractivity contribution in [2.24, 2.45) is 0 Å². The summed E-state index contributed by atoms with van der Waals surface area (Å²) in [7, 11) is 2.53. The van der Waals surface area contributed by atoms with Crippen LogP contribution in [-0.4, -0.2) is 43.0 Å². The van der Waals surface area contributed by atoms with Crippen molar-refractivity contribution in [3.63, 3.8) is 0 Å². The summed E-state index contributed by atoms with van der Waals surface area (Å²) in [4.78, 5) is 49.0. The van der Waals surface area contributed by atoms with Crippen LogP contribution in [0.15, 0.2) is 63.1 Å². The first-order chi connectivity index (χ1) is 15.9. The lowest BCUT2D eigenvalue weighted by Gasteiger charge is -2.09. The zero-order valence-electron chi connectivity index (χ0n) is 17.6. The summed E-state index contributed by atoms with van der Waals surface area (Å²) >= 11 is 0. The molecule has 2 aromatic heterocycles. The van der Waals surface area contributed by atoms with Crippen LogP contribution in [0.5, 0.6) is 0 Å². The Morgan fingerprint density at radius 3 is 2.36 bits per heavy atom. The second-order valence-corrected chi connectivity index (χ2v) is 6.91. The zero-order chi connectivity index (χ0) is 23.5. The standard InChI is InChI=1S/C23H18N2O8/c1-30-21(27)14-5-3-13(4-6-14)18-9-7-15(32-18)11-17-20(26)25(23(29)24-17)12-16-8-10-19(33-16)22(28)31-2/h3-11H,12H2,1-2H3,(H,24,29). The lowest BCUT2D eigenvalue weighted by molar-refractivity contribution is -0.123. The number of carbonyl (C=O) groups is 4. The van der Waals surface area contributed by atoms with E-state index in [4.69, 9.17) is 8.83 Å². The number of carbonyl (C=O) groups excluding carboxylic acids is 4. The fourth-order valence-electron chi connectivity index (χ4n) is 3.16. The molecular weight excluding hydrogens is 432 g/mol. The summed E-state index contributed by atoms with van der Waals surface area (Å²) in [5.41, 5.74) is 1.15. The third kappa shape index (κ3) is 4.40. The van der Waals surface area contributed by atoms with Gasteiger partial charge in [0.15, 0.2) is 0 Å². The number of hydrogen-bond acceptors (Lipinski definition) is 8. The Hall–Kier alpha value is -4.60. The number of esters is 2. The topological polar surface area (TPSA) is 128 Å². The first kappa shape index (κ1) is 21.6. The molecule has 3 aromatic rings. The molecule has 1 fully saturated rings. The molecule has 10 nitrogen and oxygen atoms in total. The van der Waals surface area contributed by atoms with E-state index in [2.05, 4.69) is 14.8 Å². The molecule has 0 aliphatic carbocycles. The molecule has 0 radical (unpaired) electrons. The van der Waals surface area contributed by atoms with Crippen LogP contribution < -0.4 is 5.32 Å². The second kappa shape index (κ2) is 8.87. The summed E-state index contributed by atoms with van der Waals surface area (Å²) in [5, 5.41) is 2.49. The van der Waals surface area contributed by atoms with Crippen LogP contribution in [-0.2, 0) is 20.8 Å². The van der Waals surface area contributed by atoms with Gasteiger partial charge in [-0.05, 0) is 36.4 Å². The van der Waals surface area contributed by atoms with E-state index in [1.165, 1.54) is 32.4 Å². The molecule has 1 N–H and O–H groups in total. The number of ether oxygens (including phenoxy) is 2. The third-order valence-electron chi connectivity index (χ3n) is 4.83. The smallest absolute Gasteiger partial charge is 0.373 e. The molecule has 4 rings (SSSR count). The highest BCUT2D eigenvalue weighted by molar-refractivity contribution is 6.13. The third-order valence-corrected chi connectivity index (χ3v) is 4.83. The number of methoxy groups -OCH3 is 2. The first-order valence-electron chi connectivity index (χ1n) is 9.69. The van der Waals surface area contributed by atoms with E-state index in [1.807, 2.05) is 0 Å². The van der Waals surface area contributed by atoms with E-state index in [0.29, 0.717) is 17.1 Å². The van der Waals surface area contributed by atoms with E-state index in [9.17, 15) is 19.2 Å². The lowest BCUT2D eigenvalue weighted by Crippen LogP contribution is -2.30. The molecule has 3 heterocycles. The number of imide groups is 1. The van der Waals surface area contributed by atoms with Crippen LogP contribution >= 0.6 is 0 Å². The number of benzene rings is 1. The lowest BCUT2D eigenvalue weighted by atomic mass is 10.1. The molecular formula is C23H18N2O8. The van der Waals surface area contributed by atoms with E-state index < -0.39 is 23.9 Å². The first-order valence-corrected chi connectivity index (χ1v) is 9.69. The Morgan fingerprint density at radius 1 is 0.939 bits per heavy atom. The Labute approximate surface area is 187 Å². The van der Waals surface area contributed by atoms with Gasteiger partial charge in [-0.3, -0.25) is 9.69 Å². The molecule has 1 aliphatic rings. The number of hydrogen-bond donors (Lipinski definition) is 1. The van der Waals surface area contributed by atoms with Crippen molar-refractivity contribution in [1.82, 2.24) is 10.2 Å². The summed E-state index contributed by atoms with van der Waals surface area (Å²) in [6, 6.07) is 12.2. The summed E-state index contributed by atoms with van der Waals surface area (Å²) in [6.07, 6.45) is 1.41. The van der Waals surface area contributed by atoms with Crippen molar-refractivity contribution in [1.29, 1.82) is 0 Å². The highest BCUT2D eigenvalue weighted by atomic mass is 16.5. The maximum atomic E-state index is 12.7. The number of rotatable bonds is 6. The van der Waals surface area contributed by atoms with Crippen LogP contribution in [0.3, 0.4) is 0 Å². The maximum Gasteiger partial charge on any atom is 0.373 e. The fraction of sp³-hybridized carbons (Fsp3) is 0.130. The second-order valence-electron chi connectivity index (χ2n) is 6.91. The van der Waals surface area contributed by atoms with Gasteiger partial charge in [0.05, 0.1) is 26.3 Å². The SMILES string of the molecule is COC(=O)c1ccc(-c2ccc(C=C3NC(=O)N(Cc4ccc(C(=O)OC)o4)C3=O)o2)cc1. The average molecular weight is 450 g/mol. The quantitative estimate of drug-likeness (QED) is 0.344. The molecule has 0 bridgehead atoms. The average Bonchev–Trinajstić information content (AvgIpc) is 3.55. The van der Waals surface area contributed by atoms with Crippen LogP contribution in [0.4, 0.5) is 4.79 Å². The van der Waals surface area contributed by atoms with Crippen molar-refractivity contribution in [3.05, 3.63) is 77.1 Å². The van der Waals surface area contributed by atoms with Gasteiger partial charge in [-0.15, -0.1) is 0 Å². The van der Waals surface area contributed by atoms with Gasteiger partial charge >= 0.3 is 18.0 Å². The van der Waals surface area contributed by atoms with E-state index in [0.717, 1.165) is 10.5 Å². The molecule has 0 unspecified atom stereocenters. The Morgan fingerprint density at radius 2 is 1.67 bits per heavy atom. The number of nitrogens with zero attached hydrogens (tertiary/aromatic N) is 1. The number of nitrogens with one attached hydrogen (secondary N) is 1. The van der Waals surface area contributed by atoms with Crippen molar-refractivity contribution in [2.45, 2.75) is 6.54 Å². The molecule has 1 aromatic carbocycles. The van der Waals surface area contributed by atoms with Crippen LogP contribution in [0.2, 0.25) is 0 Å². The molecule has 1 aliphatic heterocycles. The van der Waals surface area contributed by atoms with Gasteiger partial charge in [-0.2, -0.15) is 0 Å². The van der Waals surface area contributed by atoms with Crippen molar-refractivity contribution >= 4 is 30.0 Å². The Kier molecular flexibility index (Phi) is 5.81. The minimum absolute atomic E-state index is 0.0293. The predicted octanol–water partition coefficient (Wildman–Crippen LogP) is 3.21. The molecule has 33 heavy (non-hydrogen) atoms. The Bertz CT molecular complexity index is 1270. The molecule has 1 saturated heterocycles. The molecule has 168 valence electrons. The Balaban J connectivity index is 1.48. The molecule has 3 amide bonds. The largest absolute Gasteiger partial charge is 0.465 e. The van der Waals surface area contributed by atoms with E-state index in [-0.39, 0.29) is 23.8 Å². The van der Waals surface area contributed by atoms with Gasteiger partial charge in [0.1, 0.15) is 23.0 Å². The zero-order valence-corrected chi connectivity index (χ0v) is 17.6. The maximum absolute atomic E-state index is 12.7. The normalized spacial score (nSPS) is 14.5. The van der Waals surface area contributed by atoms with Gasteiger partial charge in [0.2, 0.25) is 5.76 Å². The minimum Gasteiger partial charge on any atom is -0.465 e. The minimum atomic E-state index is -0.660. The summed E-state index contributed by atoms with van der Waals surface area (Å²) < 4.78 is 20.3. The van der Waals surface area contributed by atoms with Crippen molar-refractivity contribution in [3.8, 4) is 11.3 Å². The van der Waals surface area contributed by atoms with E-state index >= 15 is 0 Å². The number of urea groups is 1. The molecule has 0 atom stereocenters. The highest BCUT2D eigenvalue weighted by Crippen LogP contribution is 2.25. The van der Waals surface area contributed by atoms with Crippen molar-refractivity contribution in [2.75, 3.05) is 14.2 Å². The fourth-order valence-corrected chi connectivity index (χ4v) is 3.16. The van der Waals surface area contributed by atoms with Crippen molar-refractivity contribution < 1.29 is 37.5 Å². The van der Waals surface area contributed by atoms with Gasteiger partial charge in [0.25, 0.3) is 5.91 Å². The highest BCUT2D eigenvalue weighted by Gasteiger charge is 2.34. The van der Waals surface area contributed by atoms with Gasteiger partial charge in [-0.1, -0.05) is 12.1 Å². The monoisotopic (exact) mass is 450 g/mol. The summed E-state index contributed by atoms with van der Waals surface area (Å²) in [6.45, 7) is -0.158. The van der Waals surface area contributed by atoms with Crippen LogP contribution in [0.25, 0.3) is 17.4 Å². The molecule has 0 saturated carbocycles. The number of amides is 3. The van der Waals surface area contributed by atoms with Crippen LogP contribution in [0, 0.1) is 0 Å². The molecule has 0 spiro atoms. The predicted molar refractivity (Wildman–Crippen MR) is 113 cm³/mol. The summed E-state index contributed by atoms with van der Waals surface area (Å²) in [5.74, 6) is -0.600. The molecule has 10 heteroatoms. The van der Waals surface area contributed by atoms with Gasteiger partial charge in [0, 0.05) is 11.6 Å².